The number of halogens is 2. The number of sulfonamides is 1. The zero-order chi connectivity index (χ0) is 23.0. The lowest BCUT2D eigenvalue weighted by Crippen LogP contribution is -2.59. The first kappa shape index (κ1) is 23.8. The molecule has 1 fully saturated rings. The molecule has 2 aromatic rings. The SMILES string of the molecule is CC1(C)CC(O)CN(S(=O)(=O)c2ccc(OCc3ccc(Cl)cc3Cl)cc2)C1C(=O)O. The van der Waals surface area contributed by atoms with Gasteiger partial charge in [0.25, 0.3) is 0 Å². The Bertz CT molecular complexity index is 1070. The summed E-state index contributed by atoms with van der Waals surface area (Å²) in [5, 5.41) is 20.8. The third-order valence-electron chi connectivity index (χ3n) is 5.25. The largest absolute Gasteiger partial charge is 0.489 e. The third kappa shape index (κ3) is 5.15. The predicted octanol–water partition coefficient (Wildman–Crippen LogP) is 3.81. The van der Waals surface area contributed by atoms with Crippen LogP contribution in [0.3, 0.4) is 0 Å². The lowest BCUT2D eigenvalue weighted by Gasteiger charge is -2.44. The van der Waals surface area contributed by atoms with Gasteiger partial charge in [0.05, 0.1) is 11.0 Å². The van der Waals surface area contributed by atoms with Gasteiger partial charge in [-0.15, -0.1) is 0 Å². The van der Waals surface area contributed by atoms with Crippen LogP contribution in [0.25, 0.3) is 0 Å². The van der Waals surface area contributed by atoms with E-state index in [9.17, 15) is 23.4 Å². The highest BCUT2D eigenvalue weighted by atomic mass is 35.5. The first-order valence-electron chi connectivity index (χ1n) is 9.51. The van der Waals surface area contributed by atoms with Crippen molar-refractivity contribution in [2.24, 2.45) is 5.41 Å². The summed E-state index contributed by atoms with van der Waals surface area (Å²) in [7, 11) is -4.15. The van der Waals surface area contributed by atoms with E-state index >= 15 is 0 Å². The number of benzene rings is 2. The molecule has 0 aromatic heterocycles. The topological polar surface area (TPSA) is 104 Å². The number of carbonyl (C=O) groups is 1. The highest BCUT2D eigenvalue weighted by Gasteiger charge is 2.50. The maximum Gasteiger partial charge on any atom is 0.322 e. The predicted molar refractivity (Wildman–Crippen MR) is 117 cm³/mol. The molecular weight excluding hydrogens is 465 g/mol. The zero-order valence-corrected chi connectivity index (χ0v) is 19.3. The van der Waals surface area contributed by atoms with Gasteiger partial charge in [0.2, 0.25) is 10.0 Å². The second kappa shape index (κ2) is 8.96. The summed E-state index contributed by atoms with van der Waals surface area (Å²) in [6.07, 6.45) is -0.761. The van der Waals surface area contributed by atoms with Crippen molar-refractivity contribution in [3.63, 3.8) is 0 Å². The number of ether oxygens (including phenoxy) is 1. The molecular formula is C21H23Cl2NO6S. The van der Waals surface area contributed by atoms with Crippen molar-refractivity contribution in [3.8, 4) is 5.75 Å². The number of aliphatic hydroxyl groups is 1. The maximum atomic E-state index is 13.2. The van der Waals surface area contributed by atoms with Gasteiger partial charge in [0.1, 0.15) is 18.4 Å². The Morgan fingerprint density at radius 2 is 1.84 bits per heavy atom. The summed E-state index contributed by atoms with van der Waals surface area (Å²) in [6, 6.07) is 9.40. The number of hydrogen-bond acceptors (Lipinski definition) is 5. The van der Waals surface area contributed by atoms with Crippen molar-refractivity contribution >= 4 is 39.2 Å². The van der Waals surface area contributed by atoms with Crippen LogP contribution < -0.4 is 4.74 Å². The van der Waals surface area contributed by atoms with Gasteiger partial charge >= 0.3 is 5.97 Å². The number of piperidine rings is 1. The van der Waals surface area contributed by atoms with Crippen molar-refractivity contribution in [1.82, 2.24) is 4.31 Å². The van der Waals surface area contributed by atoms with E-state index in [-0.39, 0.29) is 24.5 Å². The smallest absolute Gasteiger partial charge is 0.322 e. The number of hydrogen-bond donors (Lipinski definition) is 2. The van der Waals surface area contributed by atoms with E-state index in [2.05, 4.69) is 0 Å². The van der Waals surface area contributed by atoms with Gasteiger partial charge in [-0.1, -0.05) is 43.1 Å². The van der Waals surface area contributed by atoms with E-state index in [1.807, 2.05) is 0 Å². The van der Waals surface area contributed by atoms with E-state index in [0.29, 0.717) is 15.8 Å². The number of β-amino-alcohol motifs (C(OH)–C–C–N with tert-alkyl or cyclic N) is 1. The highest BCUT2D eigenvalue weighted by Crippen LogP contribution is 2.38. The van der Waals surface area contributed by atoms with Gasteiger partial charge in [0.15, 0.2) is 0 Å². The zero-order valence-electron chi connectivity index (χ0n) is 17.0. The van der Waals surface area contributed by atoms with Crippen LogP contribution in [0.2, 0.25) is 10.0 Å². The van der Waals surface area contributed by atoms with E-state index in [1.165, 1.54) is 24.3 Å². The van der Waals surface area contributed by atoms with Crippen LogP contribution in [-0.2, 0) is 21.4 Å². The summed E-state index contributed by atoms with van der Waals surface area (Å²) in [5.41, 5.74) is -0.214. The summed E-state index contributed by atoms with van der Waals surface area (Å²) < 4.78 is 32.9. The molecule has 0 amide bonds. The third-order valence-corrected chi connectivity index (χ3v) is 7.69. The van der Waals surface area contributed by atoms with Gasteiger partial charge < -0.3 is 14.9 Å². The fourth-order valence-corrected chi connectivity index (χ4v) is 6.06. The van der Waals surface area contributed by atoms with Gasteiger partial charge in [0, 0.05) is 22.2 Å². The second-order valence-corrected chi connectivity index (χ2v) is 10.9. The quantitative estimate of drug-likeness (QED) is 0.641. The fraction of sp³-hybridized carbons (Fsp3) is 0.381. The standard InChI is InChI=1S/C21H23Cl2NO6S/c1-21(2)10-15(25)11-24(19(21)20(26)27)31(28,29)17-7-5-16(6-8-17)30-12-13-3-4-14(22)9-18(13)23/h3-9,15,19,25H,10-12H2,1-2H3,(H,26,27). The number of rotatable bonds is 6. The lowest BCUT2D eigenvalue weighted by molar-refractivity contribution is -0.149. The van der Waals surface area contributed by atoms with E-state index in [4.69, 9.17) is 27.9 Å². The summed E-state index contributed by atoms with van der Waals surface area (Å²) in [6.45, 7) is 3.15. The molecule has 7 nitrogen and oxygen atoms in total. The molecule has 0 aliphatic carbocycles. The average molecular weight is 488 g/mol. The lowest BCUT2D eigenvalue weighted by atomic mass is 9.76. The molecule has 1 aliphatic rings. The molecule has 1 heterocycles. The van der Waals surface area contributed by atoms with Crippen LogP contribution in [-0.4, -0.2) is 47.6 Å². The Kier molecular flexibility index (Phi) is 6.88. The first-order chi connectivity index (χ1) is 14.4. The average Bonchev–Trinajstić information content (AvgIpc) is 2.65. The molecule has 10 heteroatoms. The number of nitrogens with zero attached hydrogens (tertiary/aromatic N) is 1. The highest BCUT2D eigenvalue weighted by molar-refractivity contribution is 7.89. The summed E-state index contributed by atoms with van der Waals surface area (Å²) in [4.78, 5) is 11.8. The first-order valence-corrected chi connectivity index (χ1v) is 11.7. The Hall–Kier alpha value is -1.84. The molecule has 0 spiro atoms. The second-order valence-electron chi connectivity index (χ2n) is 8.16. The summed E-state index contributed by atoms with van der Waals surface area (Å²) in [5.74, 6) is -0.834. The van der Waals surface area contributed by atoms with Crippen molar-refractivity contribution in [2.75, 3.05) is 6.54 Å². The molecule has 2 unspecified atom stereocenters. The molecule has 2 atom stereocenters. The normalized spacial score (nSPS) is 21.6. The molecule has 0 saturated carbocycles. The Morgan fingerprint density at radius 1 is 1.19 bits per heavy atom. The van der Waals surface area contributed by atoms with Crippen molar-refractivity contribution in [2.45, 2.75) is 43.9 Å². The number of carboxylic acid groups (broad SMARTS) is 1. The van der Waals surface area contributed by atoms with Crippen LogP contribution in [0.5, 0.6) is 5.75 Å². The minimum absolute atomic E-state index is 0.0828. The molecule has 1 aliphatic heterocycles. The van der Waals surface area contributed by atoms with E-state index < -0.39 is 33.6 Å². The molecule has 3 rings (SSSR count). The molecule has 0 bridgehead atoms. The van der Waals surface area contributed by atoms with Crippen LogP contribution >= 0.6 is 23.2 Å². The van der Waals surface area contributed by atoms with Gasteiger partial charge in [-0.05, 0) is 48.2 Å². The maximum absolute atomic E-state index is 13.2. The van der Waals surface area contributed by atoms with Crippen LogP contribution in [0, 0.1) is 5.41 Å². The molecule has 31 heavy (non-hydrogen) atoms. The monoisotopic (exact) mass is 487 g/mol. The Morgan fingerprint density at radius 3 is 2.42 bits per heavy atom. The fourth-order valence-electron chi connectivity index (χ4n) is 3.82. The Labute approximate surface area is 191 Å². The number of aliphatic hydroxyl groups excluding tert-OH is 1. The van der Waals surface area contributed by atoms with Crippen LogP contribution in [0.15, 0.2) is 47.4 Å². The van der Waals surface area contributed by atoms with Gasteiger partial charge in [-0.25, -0.2) is 8.42 Å². The van der Waals surface area contributed by atoms with Crippen molar-refractivity contribution in [1.29, 1.82) is 0 Å². The molecule has 2 N–H and O–H groups in total. The van der Waals surface area contributed by atoms with Crippen LogP contribution in [0.4, 0.5) is 0 Å². The molecule has 2 aromatic carbocycles. The minimum atomic E-state index is -4.15. The van der Waals surface area contributed by atoms with Crippen molar-refractivity contribution < 1.29 is 28.2 Å². The van der Waals surface area contributed by atoms with E-state index in [1.54, 1.807) is 32.0 Å². The van der Waals surface area contributed by atoms with Crippen molar-refractivity contribution in [3.05, 3.63) is 58.1 Å². The Balaban J connectivity index is 1.80. The summed E-state index contributed by atoms with van der Waals surface area (Å²) >= 11 is 12.0. The molecule has 1 saturated heterocycles. The molecule has 168 valence electrons. The van der Waals surface area contributed by atoms with Crippen LogP contribution in [0.1, 0.15) is 25.8 Å². The minimum Gasteiger partial charge on any atom is -0.489 e. The molecule has 0 radical (unpaired) electrons. The number of carboxylic acids is 1. The van der Waals surface area contributed by atoms with E-state index in [0.717, 1.165) is 9.87 Å². The van der Waals surface area contributed by atoms with Gasteiger partial charge in [-0.3, -0.25) is 4.79 Å². The number of aliphatic carboxylic acids is 1. The van der Waals surface area contributed by atoms with Gasteiger partial charge in [-0.2, -0.15) is 4.31 Å².